The van der Waals surface area contributed by atoms with Crippen LogP contribution in [0.4, 0.5) is 10.1 Å². The van der Waals surface area contributed by atoms with Crippen LogP contribution in [0.3, 0.4) is 0 Å². The van der Waals surface area contributed by atoms with Crippen molar-refractivity contribution in [1.82, 2.24) is 4.98 Å². The van der Waals surface area contributed by atoms with E-state index in [1.165, 1.54) is 29.2 Å². The van der Waals surface area contributed by atoms with Gasteiger partial charge in [-0.1, -0.05) is 35.3 Å². The minimum Gasteiger partial charge on any atom is -0.332 e. The van der Waals surface area contributed by atoms with E-state index >= 15 is 0 Å². The third-order valence-electron chi connectivity index (χ3n) is 8.13. The van der Waals surface area contributed by atoms with Gasteiger partial charge in [0, 0.05) is 16.0 Å². The van der Waals surface area contributed by atoms with Gasteiger partial charge in [0.25, 0.3) is 0 Å². The van der Waals surface area contributed by atoms with Gasteiger partial charge in [-0.05, 0) is 72.3 Å². The number of benzene rings is 2. The second-order valence-corrected chi connectivity index (χ2v) is 13.3. The number of carbonyl (C=O) groups is 2. The zero-order chi connectivity index (χ0) is 24.2. The van der Waals surface area contributed by atoms with E-state index in [4.69, 9.17) is 35.4 Å². The Hall–Kier alpha value is -1.71. The lowest BCUT2D eigenvalue weighted by molar-refractivity contribution is -0.123. The Bertz CT molecular complexity index is 1470. The molecule has 7 atom stereocenters. The molecule has 0 radical (unpaired) electrons. The van der Waals surface area contributed by atoms with E-state index in [1.807, 2.05) is 12.1 Å². The first kappa shape index (κ1) is 22.5. The molecule has 2 bridgehead atoms. The highest BCUT2D eigenvalue weighted by Crippen LogP contribution is 2.69. The number of amides is 2. The summed E-state index contributed by atoms with van der Waals surface area (Å²) in [7, 11) is 0. The summed E-state index contributed by atoms with van der Waals surface area (Å²) in [5, 5.41) is 2.20. The fourth-order valence-corrected chi connectivity index (χ4v) is 10.7. The van der Waals surface area contributed by atoms with Crippen molar-refractivity contribution in [3.05, 3.63) is 72.7 Å². The van der Waals surface area contributed by atoms with Crippen LogP contribution >= 0.6 is 58.5 Å². The summed E-state index contributed by atoms with van der Waals surface area (Å²) in [6, 6.07) is 11.3. The fraction of sp³-hybridized carbons (Fsp3) is 0.320. The summed E-state index contributed by atoms with van der Waals surface area (Å²) >= 11 is 22.0. The van der Waals surface area contributed by atoms with Gasteiger partial charge in [-0.15, -0.1) is 23.1 Å². The van der Waals surface area contributed by atoms with Crippen LogP contribution in [0.15, 0.2) is 47.5 Å². The summed E-state index contributed by atoms with van der Waals surface area (Å²) in [5.41, 5.74) is 1.38. The third kappa shape index (κ3) is 3.07. The van der Waals surface area contributed by atoms with Gasteiger partial charge >= 0.3 is 0 Å². The van der Waals surface area contributed by atoms with Crippen molar-refractivity contribution in [2.24, 2.45) is 29.6 Å². The van der Waals surface area contributed by atoms with Crippen LogP contribution in [0, 0.1) is 39.4 Å². The van der Waals surface area contributed by atoms with Crippen molar-refractivity contribution < 1.29 is 14.0 Å². The van der Waals surface area contributed by atoms with Gasteiger partial charge in [0.15, 0.2) is 3.95 Å². The first-order valence-electron chi connectivity index (χ1n) is 11.3. The minimum atomic E-state index is -0.403. The number of aromatic nitrogens is 1. The second-order valence-electron chi connectivity index (χ2n) is 9.59. The Morgan fingerprint density at radius 1 is 1.03 bits per heavy atom. The van der Waals surface area contributed by atoms with Crippen LogP contribution in [0.1, 0.15) is 22.8 Å². The lowest BCUT2D eigenvalue weighted by Crippen LogP contribution is -2.42. The first-order chi connectivity index (χ1) is 16.8. The molecular weight excluding hydrogens is 546 g/mol. The average molecular weight is 564 g/mol. The van der Waals surface area contributed by atoms with Crippen molar-refractivity contribution in [2.45, 2.75) is 22.6 Å². The number of nitrogens with zero attached hydrogens (tertiary/aromatic N) is 1. The zero-order valence-corrected chi connectivity index (χ0v) is 21.9. The molecule has 10 heteroatoms. The summed E-state index contributed by atoms with van der Waals surface area (Å²) in [6.07, 6.45) is 0.830. The molecule has 2 aliphatic carbocycles. The SMILES string of the molecule is O=C1C2C3CC(C2C(=O)N1c1ccc(F)cc1)C1C(c2cccc(Cl)c2Cl)c2sc(=S)[nH]c2SC31. The van der Waals surface area contributed by atoms with E-state index in [0.29, 0.717) is 19.7 Å². The monoisotopic (exact) mass is 562 g/mol. The largest absolute Gasteiger partial charge is 0.332 e. The third-order valence-corrected chi connectivity index (χ3v) is 11.9. The maximum absolute atomic E-state index is 13.7. The van der Waals surface area contributed by atoms with Gasteiger partial charge in [0.05, 0.1) is 32.6 Å². The summed E-state index contributed by atoms with van der Waals surface area (Å²) in [5.74, 6) is -1.31. The molecule has 178 valence electrons. The summed E-state index contributed by atoms with van der Waals surface area (Å²) in [6.45, 7) is 0. The standard InChI is InChI=1S/C25H17Cl2FN2O2S3/c26-14-3-1-2-11(19(14)27)15-16-12-8-13(20(16)34-22-21(15)35-25(33)29-22)18-17(12)23(31)30(24(18)32)10-6-4-9(28)5-7-10/h1-7,12-13,15-18,20H,8H2,(H,29,33). The van der Waals surface area contributed by atoms with Crippen LogP contribution in [0.5, 0.6) is 0 Å². The number of H-pyrrole nitrogens is 1. The molecule has 1 N–H and O–H groups in total. The molecule has 4 nitrogen and oxygen atoms in total. The molecule has 2 aliphatic heterocycles. The van der Waals surface area contributed by atoms with Crippen LogP contribution < -0.4 is 4.90 Å². The zero-order valence-electron chi connectivity index (χ0n) is 17.9. The average Bonchev–Trinajstić information content (AvgIpc) is 3.56. The van der Waals surface area contributed by atoms with Crippen molar-refractivity contribution in [3.8, 4) is 0 Å². The highest BCUT2D eigenvalue weighted by atomic mass is 35.5. The number of carbonyl (C=O) groups excluding carboxylic acids is 2. The quantitative estimate of drug-likeness (QED) is 0.272. The van der Waals surface area contributed by atoms with E-state index < -0.39 is 5.82 Å². The number of imide groups is 1. The Kier molecular flexibility index (Phi) is 5.07. The number of rotatable bonds is 2. The molecule has 3 aromatic rings. The van der Waals surface area contributed by atoms with Gasteiger partial charge < -0.3 is 4.98 Å². The van der Waals surface area contributed by atoms with E-state index in [1.54, 1.807) is 29.2 Å². The lowest BCUT2D eigenvalue weighted by atomic mass is 9.68. The summed E-state index contributed by atoms with van der Waals surface area (Å²) in [4.78, 5) is 33.0. The van der Waals surface area contributed by atoms with Crippen molar-refractivity contribution >= 4 is 76.0 Å². The van der Waals surface area contributed by atoms with Gasteiger partial charge in [-0.3, -0.25) is 14.5 Å². The Morgan fingerprint density at radius 3 is 2.49 bits per heavy atom. The van der Waals surface area contributed by atoms with Gasteiger partial charge in [0.2, 0.25) is 11.8 Å². The highest BCUT2D eigenvalue weighted by molar-refractivity contribution is 8.00. The molecule has 1 aromatic heterocycles. The molecule has 4 aliphatic rings. The van der Waals surface area contributed by atoms with Crippen LogP contribution in [-0.4, -0.2) is 22.0 Å². The lowest BCUT2D eigenvalue weighted by Gasteiger charge is -2.43. The Labute approximate surface area is 223 Å². The molecule has 7 unspecified atom stereocenters. The fourth-order valence-electron chi connectivity index (χ4n) is 6.97. The minimum absolute atomic E-state index is 0.0354. The molecule has 2 amide bonds. The number of aromatic amines is 1. The normalized spacial score (nSPS) is 32.7. The number of nitrogens with one attached hydrogen (secondary N) is 1. The molecule has 7 rings (SSSR count). The number of halogens is 3. The van der Waals surface area contributed by atoms with Crippen molar-refractivity contribution in [1.29, 1.82) is 0 Å². The second kappa shape index (κ2) is 7.89. The number of thiazole rings is 1. The smallest absolute Gasteiger partial charge is 0.238 e. The predicted molar refractivity (Wildman–Crippen MR) is 138 cm³/mol. The topological polar surface area (TPSA) is 53.2 Å². The Morgan fingerprint density at radius 2 is 1.74 bits per heavy atom. The predicted octanol–water partition coefficient (Wildman–Crippen LogP) is 6.93. The van der Waals surface area contributed by atoms with Crippen LogP contribution in [-0.2, 0) is 9.59 Å². The highest BCUT2D eigenvalue weighted by Gasteiger charge is 2.69. The number of hydrogen-bond acceptors (Lipinski definition) is 5. The molecule has 3 heterocycles. The number of fused-ring (bicyclic) bond motifs is 9. The molecule has 1 saturated heterocycles. The van der Waals surface area contributed by atoms with Gasteiger partial charge in [-0.2, -0.15) is 0 Å². The van der Waals surface area contributed by atoms with Crippen LogP contribution in [0.25, 0.3) is 0 Å². The number of hydrogen-bond donors (Lipinski definition) is 1. The summed E-state index contributed by atoms with van der Waals surface area (Å²) < 4.78 is 14.2. The van der Waals surface area contributed by atoms with E-state index in [-0.39, 0.29) is 52.6 Å². The van der Waals surface area contributed by atoms with Crippen LogP contribution in [0.2, 0.25) is 10.0 Å². The van der Waals surface area contributed by atoms with E-state index in [9.17, 15) is 14.0 Å². The van der Waals surface area contributed by atoms with Gasteiger partial charge in [-0.25, -0.2) is 4.39 Å². The molecule has 3 fully saturated rings. The molecule has 35 heavy (non-hydrogen) atoms. The molecule has 2 saturated carbocycles. The molecular formula is C25H17Cl2FN2O2S3. The van der Waals surface area contributed by atoms with Crippen molar-refractivity contribution in [2.75, 3.05) is 4.90 Å². The number of anilines is 1. The van der Waals surface area contributed by atoms with E-state index in [2.05, 4.69) is 4.98 Å². The van der Waals surface area contributed by atoms with E-state index in [0.717, 1.165) is 21.9 Å². The molecule has 2 aromatic carbocycles. The molecule has 0 spiro atoms. The first-order valence-corrected chi connectivity index (χ1v) is 14.2. The van der Waals surface area contributed by atoms with Gasteiger partial charge in [0.1, 0.15) is 5.82 Å². The van der Waals surface area contributed by atoms with Crippen molar-refractivity contribution in [3.63, 3.8) is 0 Å². The number of thioether (sulfide) groups is 1. The Balaban J connectivity index is 1.35. The maximum atomic E-state index is 13.7. The maximum Gasteiger partial charge on any atom is 0.238 e.